The molecule has 0 unspecified atom stereocenters. The smallest absolute Gasteiger partial charge is 0.204 e. The van der Waals surface area contributed by atoms with Crippen molar-refractivity contribution in [3.63, 3.8) is 0 Å². The zero-order valence-electron chi connectivity index (χ0n) is 13.5. The number of fused-ring (bicyclic) bond motifs is 2. The van der Waals surface area contributed by atoms with Crippen LogP contribution >= 0.6 is 0 Å². The average molecular weight is 336 g/mol. The molecule has 0 spiro atoms. The Morgan fingerprint density at radius 2 is 1.92 bits per heavy atom. The molecule has 5 heteroatoms. The third-order valence-corrected chi connectivity index (χ3v) is 4.38. The first kappa shape index (κ1) is 15.3. The summed E-state index contributed by atoms with van der Waals surface area (Å²) in [4.78, 5) is 12.9. The van der Waals surface area contributed by atoms with Gasteiger partial charge in [0, 0.05) is 6.07 Å². The summed E-state index contributed by atoms with van der Waals surface area (Å²) in [6.07, 6.45) is 5.73. The number of aromatic hydroxyl groups is 2. The van der Waals surface area contributed by atoms with Gasteiger partial charge in [0.15, 0.2) is 0 Å². The Morgan fingerprint density at radius 1 is 1.16 bits per heavy atom. The summed E-state index contributed by atoms with van der Waals surface area (Å²) in [5.74, 6) is 0.464. The standard InChI is InChI=1S/C20H16O5/c1-2-13-7-8-14-16(25-13)9-17-18(19(14)22)20(23)15(10-24-17)11-3-5-12(21)6-4-11/h3-10,13,21-22H,2H2,1H3/t13-/m0/s1. The molecule has 1 aromatic heterocycles. The molecule has 0 bridgehead atoms. The minimum atomic E-state index is -0.335. The van der Waals surface area contributed by atoms with Crippen molar-refractivity contribution in [1.82, 2.24) is 0 Å². The van der Waals surface area contributed by atoms with Crippen LogP contribution in [0.2, 0.25) is 0 Å². The second-order valence-corrected chi connectivity index (χ2v) is 5.96. The van der Waals surface area contributed by atoms with E-state index in [0.29, 0.717) is 22.4 Å². The highest BCUT2D eigenvalue weighted by Crippen LogP contribution is 2.39. The lowest BCUT2D eigenvalue weighted by atomic mass is 10.0. The van der Waals surface area contributed by atoms with E-state index in [1.165, 1.54) is 18.4 Å². The minimum Gasteiger partial charge on any atom is -0.508 e. The summed E-state index contributed by atoms with van der Waals surface area (Å²) in [5, 5.41) is 20.1. The van der Waals surface area contributed by atoms with E-state index in [0.717, 1.165) is 6.42 Å². The van der Waals surface area contributed by atoms with E-state index in [1.54, 1.807) is 24.3 Å². The number of benzene rings is 2. The Morgan fingerprint density at radius 3 is 2.64 bits per heavy atom. The molecule has 2 N–H and O–H groups in total. The van der Waals surface area contributed by atoms with Crippen molar-refractivity contribution in [3.8, 4) is 28.4 Å². The third kappa shape index (κ3) is 2.45. The lowest BCUT2D eigenvalue weighted by Crippen LogP contribution is -2.16. The molecule has 1 aliphatic rings. The molecular formula is C20H16O5. The fourth-order valence-corrected chi connectivity index (χ4v) is 2.98. The van der Waals surface area contributed by atoms with Crippen LogP contribution in [0.15, 0.2) is 51.9 Å². The average Bonchev–Trinajstić information content (AvgIpc) is 2.62. The topological polar surface area (TPSA) is 79.9 Å². The van der Waals surface area contributed by atoms with Gasteiger partial charge in [0.05, 0.1) is 11.1 Å². The van der Waals surface area contributed by atoms with Gasteiger partial charge in [-0.15, -0.1) is 0 Å². The van der Waals surface area contributed by atoms with Crippen molar-refractivity contribution < 1.29 is 19.4 Å². The molecule has 0 radical (unpaired) electrons. The first-order valence-electron chi connectivity index (χ1n) is 8.04. The zero-order chi connectivity index (χ0) is 17.6. The van der Waals surface area contributed by atoms with E-state index >= 15 is 0 Å². The van der Waals surface area contributed by atoms with E-state index in [-0.39, 0.29) is 34.0 Å². The number of rotatable bonds is 2. The highest BCUT2D eigenvalue weighted by atomic mass is 16.5. The quantitative estimate of drug-likeness (QED) is 0.738. The van der Waals surface area contributed by atoms with Crippen molar-refractivity contribution in [2.45, 2.75) is 19.4 Å². The first-order chi connectivity index (χ1) is 12.1. The molecule has 0 amide bonds. The lowest BCUT2D eigenvalue weighted by molar-refractivity contribution is 0.240. The molecule has 1 atom stereocenters. The van der Waals surface area contributed by atoms with E-state index in [1.807, 2.05) is 13.0 Å². The maximum absolute atomic E-state index is 12.9. The summed E-state index contributed by atoms with van der Waals surface area (Å²) in [5.41, 5.74) is 1.33. The zero-order valence-corrected chi connectivity index (χ0v) is 13.5. The molecule has 1 aliphatic heterocycles. The minimum absolute atomic E-state index is 0.0626. The molecule has 4 rings (SSSR count). The van der Waals surface area contributed by atoms with Crippen LogP contribution in [0.3, 0.4) is 0 Å². The summed E-state index contributed by atoms with van der Waals surface area (Å²) in [6, 6.07) is 7.87. The molecule has 25 heavy (non-hydrogen) atoms. The molecule has 0 aliphatic carbocycles. The Bertz CT molecular complexity index is 1040. The van der Waals surface area contributed by atoms with Crippen LogP contribution in [0.1, 0.15) is 18.9 Å². The second kappa shape index (κ2) is 5.70. The summed E-state index contributed by atoms with van der Waals surface area (Å²) >= 11 is 0. The van der Waals surface area contributed by atoms with Crippen LogP contribution in [-0.2, 0) is 0 Å². The van der Waals surface area contributed by atoms with Crippen molar-refractivity contribution in [1.29, 1.82) is 0 Å². The van der Waals surface area contributed by atoms with Gasteiger partial charge in [-0.1, -0.05) is 19.1 Å². The number of hydrogen-bond donors (Lipinski definition) is 2. The highest BCUT2D eigenvalue weighted by molar-refractivity contribution is 5.92. The second-order valence-electron chi connectivity index (χ2n) is 5.96. The van der Waals surface area contributed by atoms with Crippen LogP contribution in [0.4, 0.5) is 0 Å². The van der Waals surface area contributed by atoms with Crippen molar-refractivity contribution in [2.75, 3.05) is 0 Å². The van der Waals surface area contributed by atoms with Crippen molar-refractivity contribution in [2.24, 2.45) is 0 Å². The van der Waals surface area contributed by atoms with Gasteiger partial charge >= 0.3 is 0 Å². The maximum atomic E-state index is 12.9. The van der Waals surface area contributed by atoms with Crippen LogP contribution in [0.5, 0.6) is 17.2 Å². The van der Waals surface area contributed by atoms with Crippen LogP contribution in [0, 0.1) is 0 Å². The predicted octanol–water partition coefficient (Wildman–Crippen LogP) is 4.06. The molecule has 3 aromatic rings. The Kier molecular flexibility index (Phi) is 3.50. The third-order valence-electron chi connectivity index (χ3n) is 4.38. The Balaban J connectivity index is 1.94. The summed E-state index contributed by atoms with van der Waals surface area (Å²) < 4.78 is 11.4. The molecule has 0 saturated heterocycles. The molecule has 5 nitrogen and oxygen atoms in total. The molecule has 2 heterocycles. The van der Waals surface area contributed by atoms with Gasteiger partial charge in [-0.25, -0.2) is 0 Å². The lowest BCUT2D eigenvalue weighted by Gasteiger charge is -2.21. The van der Waals surface area contributed by atoms with Gasteiger partial charge in [0.1, 0.15) is 40.6 Å². The van der Waals surface area contributed by atoms with Crippen molar-refractivity contribution in [3.05, 3.63) is 58.5 Å². The van der Waals surface area contributed by atoms with Gasteiger partial charge in [0.25, 0.3) is 0 Å². The SMILES string of the molecule is CC[C@H]1C=Cc2c(cc3occ(-c4ccc(O)cc4)c(=O)c3c2O)O1. The Labute approximate surface area is 143 Å². The van der Waals surface area contributed by atoms with Gasteiger partial charge in [0.2, 0.25) is 5.43 Å². The van der Waals surface area contributed by atoms with Gasteiger partial charge in [-0.05, 0) is 36.3 Å². The predicted molar refractivity (Wildman–Crippen MR) is 95.0 cm³/mol. The van der Waals surface area contributed by atoms with E-state index in [4.69, 9.17) is 9.15 Å². The summed E-state index contributed by atoms with van der Waals surface area (Å²) in [6.45, 7) is 2.00. The van der Waals surface area contributed by atoms with Gasteiger partial charge < -0.3 is 19.4 Å². The first-order valence-corrected chi connectivity index (χ1v) is 8.04. The fourth-order valence-electron chi connectivity index (χ4n) is 2.98. The van der Waals surface area contributed by atoms with Gasteiger partial charge in [-0.2, -0.15) is 0 Å². The fraction of sp³-hybridized carbons (Fsp3) is 0.150. The van der Waals surface area contributed by atoms with Crippen LogP contribution in [0.25, 0.3) is 28.2 Å². The number of ether oxygens (including phenoxy) is 1. The van der Waals surface area contributed by atoms with E-state index in [9.17, 15) is 15.0 Å². The number of phenolic OH excluding ortho intramolecular Hbond substituents is 2. The Hall–Kier alpha value is -3.21. The molecule has 0 fully saturated rings. The molecule has 2 aromatic carbocycles. The summed E-state index contributed by atoms with van der Waals surface area (Å²) in [7, 11) is 0. The number of phenols is 2. The largest absolute Gasteiger partial charge is 0.508 e. The van der Waals surface area contributed by atoms with Crippen LogP contribution < -0.4 is 10.2 Å². The highest BCUT2D eigenvalue weighted by Gasteiger charge is 2.22. The van der Waals surface area contributed by atoms with Gasteiger partial charge in [-0.3, -0.25) is 4.79 Å². The number of hydrogen-bond acceptors (Lipinski definition) is 5. The monoisotopic (exact) mass is 336 g/mol. The normalized spacial score (nSPS) is 15.8. The van der Waals surface area contributed by atoms with E-state index < -0.39 is 0 Å². The maximum Gasteiger partial charge on any atom is 0.204 e. The van der Waals surface area contributed by atoms with Crippen molar-refractivity contribution >= 4 is 17.0 Å². The molecular weight excluding hydrogens is 320 g/mol. The molecule has 126 valence electrons. The molecule has 0 saturated carbocycles. The van der Waals surface area contributed by atoms with Crippen LogP contribution in [-0.4, -0.2) is 16.3 Å². The van der Waals surface area contributed by atoms with E-state index in [2.05, 4.69) is 0 Å².